The van der Waals surface area contributed by atoms with E-state index in [0.717, 1.165) is 21.6 Å². The van der Waals surface area contributed by atoms with Crippen molar-refractivity contribution in [1.82, 2.24) is 4.90 Å². The number of nitrogens with one attached hydrogen (secondary N) is 1. The Balaban J connectivity index is 1.85. The van der Waals surface area contributed by atoms with Crippen molar-refractivity contribution in [2.75, 3.05) is 19.4 Å². The highest BCUT2D eigenvalue weighted by Gasteiger charge is 2.17. The molecule has 0 saturated carbocycles. The first kappa shape index (κ1) is 17.6. The number of carbonyl (C=O) groups excluding carboxylic acids is 2. The SMILES string of the molecule is CN(C)C(=O)Sc1ccccc1NC(=O)c1cc2cccc(Br)c2o1. The average molecular weight is 419 g/mol. The van der Waals surface area contributed by atoms with E-state index in [4.69, 9.17) is 4.42 Å². The van der Waals surface area contributed by atoms with E-state index in [1.807, 2.05) is 24.3 Å². The number of hydrogen-bond acceptors (Lipinski definition) is 4. The Morgan fingerprint density at radius 3 is 2.60 bits per heavy atom. The predicted octanol–water partition coefficient (Wildman–Crippen LogP) is 5.22. The topological polar surface area (TPSA) is 62.6 Å². The Morgan fingerprint density at radius 2 is 1.88 bits per heavy atom. The molecule has 7 heteroatoms. The van der Waals surface area contributed by atoms with E-state index in [1.54, 1.807) is 38.4 Å². The maximum Gasteiger partial charge on any atom is 0.291 e. The summed E-state index contributed by atoms with van der Waals surface area (Å²) in [5.74, 6) is -0.158. The van der Waals surface area contributed by atoms with Crippen LogP contribution in [0.1, 0.15) is 10.6 Å². The Kier molecular flexibility index (Phi) is 5.15. The molecule has 3 rings (SSSR count). The molecule has 0 radical (unpaired) electrons. The van der Waals surface area contributed by atoms with Crippen LogP contribution in [0.15, 0.2) is 62.3 Å². The first-order chi connectivity index (χ1) is 12.0. The predicted molar refractivity (Wildman–Crippen MR) is 103 cm³/mol. The number of fused-ring (bicyclic) bond motifs is 1. The average Bonchev–Trinajstić information content (AvgIpc) is 3.02. The number of amides is 2. The monoisotopic (exact) mass is 418 g/mol. The number of hydrogen-bond donors (Lipinski definition) is 1. The quantitative estimate of drug-likeness (QED) is 0.592. The molecule has 2 aromatic carbocycles. The maximum atomic E-state index is 12.5. The third-order valence-electron chi connectivity index (χ3n) is 3.42. The number of anilines is 1. The smallest absolute Gasteiger partial charge is 0.291 e. The van der Waals surface area contributed by atoms with E-state index in [-0.39, 0.29) is 16.9 Å². The summed E-state index contributed by atoms with van der Waals surface area (Å²) in [4.78, 5) is 26.6. The summed E-state index contributed by atoms with van der Waals surface area (Å²) in [6, 6.07) is 14.5. The standard InChI is InChI=1S/C18H15BrN2O3S/c1-21(2)18(23)25-15-9-4-3-8-13(15)20-17(22)14-10-11-6-5-7-12(19)16(11)24-14/h3-10H,1-2H3,(H,20,22). The van der Waals surface area contributed by atoms with Gasteiger partial charge in [-0.05, 0) is 52.0 Å². The van der Waals surface area contributed by atoms with Gasteiger partial charge in [-0.1, -0.05) is 24.3 Å². The van der Waals surface area contributed by atoms with Gasteiger partial charge in [0.15, 0.2) is 5.76 Å². The van der Waals surface area contributed by atoms with Crippen LogP contribution in [0.5, 0.6) is 0 Å². The maximum absolute atomic E-state index is 12.5. The Morgan fingerprint density at radius 1 is 1.12 bits per heavy atom. The molecular formula is C18H15BrN2O3S. The van der Waals surface area contributed by atoms with Crippen molar-refractivity contribution < 1.29 is 14.0 Å². The van der Waals surface area contributed by atoms with Crippen LogP contribution in [0, 0.1) is 0 Å². The third-order valence-corrected chi connectivity index (χ3v) is 5.16. The van der Waals surface area contributed by atoms with Crippen molar-refractivity contribution in [3.05, 3.63) is 58.8 Å². The van der Waals surface area contributed by atoms with E-state index in [9.17, 15) is 9.59 Å². The van der Waals surface area contributed by atoms with Gasteiger partial charge in [-0.15, -0.1) is 0 Å². The highest BCUT2D eigenvalue weighted by atomic mass is 79.9. The minimum absolute atomic E-state index is 0.116. The first-order valence-electron chi connectivity index (χ1n) is 7.43. The molecule has 0 bridgehead atoms. The lowest BCUT2D eigenvalue weighted by molar-refractivity contribution is 0.0998. The van der Waals surface area contributed by atoms with Crippen molar-refractivity contribution >= 4 is 55.5 Å². The fraction of sp³-hybridized carbons (Fsp3) is 0.111. The Hall–Kier alpha value is -2.25. The molecule has 5 nitrogen and oxygen atoms in total. The molecule has 2 amide bonds. The third kappa shape index (κ3) is 3.88. The zero-order valence-corrected chi connectivity index (χ0v) is 16.0. The highest BCUT2D eigenvalue weighted by molar-refractivity contribution is 9.10. The molecule has 0 spiro atoms. The van der Waals surface area contributed by atoms with Crippen LogP contribution in [0.25, 0.3) is 11.0 Å². The minimum atomic E-state index is -0.367. The zero-order chi connectivity index (χ0) is 18.0. The summed E-state index contributed by atoms with van der Waals surface area (Å²) in [7, 11) is 3.37. The highest BCUT2D eigenvalue weighted by Crippen LogP contribution is 2.30. The fourth-order valence-electron chi connectivity index (χ4n) is 2.17. The first-order valence-corrected chi connectivity index (χ1v) is 9.04. The number of carbonyl (C=O) groups is 2. The van der Waals surface area contributed by atoms with Crippen molar-refractivity contribution in [1.29, 1.82) is 0 Å². The van der Waals surface area contributed by atoms with Crippen molar-refractivity contribution in [2.24, 2.45) is 0 Å². The lowest BCUT2D eigenvalue weighted by Gasteiger charge is -2.12. The van der Waals surface area contributed by atoms with Crippen molar-refractivity contribution in [3.63, 3.8) is 0 Å². The molecule has 0 atom stereocenters. The van der Waals surface area contributed by atoms with E-state index < -0.39 is 0 Å². The van der Waals surface area contributed by atoms with Crippen LogP contribution < -0.4 is 5.32 Å². The molecule has 1 heterocycles. The van der Waals surface area contributed by atoms with Gasteiger partial charge in [0.05, 0.1) is 10.2 Å². The molecule has 128 valence electrons. The lowest BCUT2D eigenvalue weighted by atomic mass is 10.2. The summed E-state index contributed by atoms with van der Waals surface area (Å²) in [6.45, 7) is 0. The second-order valence-electron chi connectivity index (χ2n) is 5.48. The summed E-state index contributed by atoms with van der Waals surface area (Å²) >= 11 is 4.46. The number of rotatable bonds is 3. The number of thioether (sulfide) groups is 1. The van der Waals surface area contributed by atoms with Crippen molar-refractivity contribution in [3.8, 4) is 0 Å². The van der Waals surface area contributed by atoms with Crippen LogP contribution in [0.2, 0.25) is 0 Å². The van der Waals surface area contributed by atoms with Crippen molar-refractivity contribution in [2.45, 2.75) is 4.90 Å². The van der Waals surface area contributed by atoms with Gasteiger partial charge in [0.2, 0.25) is 0 Å². The van der Waals surface area contributed by atoms with Gasteiger partial charge in [0.1, 0.15) is 5.58 Å². The molecule has 3 aromatic rings. The Bertz CT molecular complexity index is 952. The molecule has 0 aliphatic heterocycles. The van der Waals surface area contributed by atoms with E-state index >= 15 is 0 Å². The largest absolute Gasteiger partial charge is 0.450 e. The molecule has 1 aromatic heterocycles. The lowest BCUT2D eigenvalue weighted by Crippen LogP contribution is -2.17. The fourth-order valence-corrected chi connectivity index (χ4v) is 3.38. The van der Waals surface area contributed by atoms with Gasteiger partial charge in [0, 0.05) is 24.4 Å². The van der Waals surface area contributed by atoms with Gasteiger partial charge >= 0.3 is 0 Å². The number of furan rings is 1. The van der Waals surface area contributed by atoms with Crippen LogP contribution in [-0.4, -0.2) is 30.1 Å². The Labute approximate surface area is 157 Å². The molecule has 0 fully saturated rings. The number of benzene rings is 2. The van der Waals surface area contributed by atoms with Crippen LogP contribution >= 0.6 is 27.7 Å². The minimum Gasteiger partial charge on any atom is -0.450 e. The molecule has 0 aliphatic rings. The normalized spacial score (nSPS) is 10.7. The summed E-state index contributed by atoms with van der Waals surface area (Å²) in [5, 5.41) is 3.53. The van der Waals surface area contributed by atoms with E-state index in [2.05, 4.69) is 21.2 Å². The molecule has 0 saturated heterocycles. The summed E-state index contributed by atoms with van der Waals surface area (Å²) in [6.07, 6.45) is 0. The van der Waals surface area contributed by atoms with Gasteiger partial charge in [0.25, 0.3) is 11.1 Å². The number of halogens is 1. The van der Waals surface area contributed by atoms with Gasteiger partial charge in [-0.2, -0.15) is 0 Å². The second kappa shape index (κ2) is 7.33. The van der Waals surface area contributed by atoms with Crippen LogP contribution in [0.4, 0.5) is 10.5 Å². The zero-order valence-electron chi connectivity index (χ0n) is 13.6. The van der Waals surface area contributed by atoms with E-state index in [0.29, 0.717) is 16.2 Å². The van der Waals surface area contributed by atoms with E-state index in [1.165, 1.54) is 4.90 Å². The molecule has 0 aliphatic carbocycles. The summed E-state index contributed by atoms with van der Waals surface area (Å²) < 4.78 is 6.44. The summed E-state index contributed by atoms with van der Waals surface area (Å²) in [5.41, 5.74) is 1.19. The number of para-hydroxylation sites is 2. The second-order valence-corrected chi connectivity index (χ2v) is 7.33. The van der Waals surface area contributed by atoms with Crippen LogP contribution in [-0.2, 0) is 0 Å². The molecule has 1 N–H and O–H groups in total. The molecule has 0 unspecified atom stereocenters. The van der Waals surface area contributed by atoms with Gasteiger partial charge in [-0.3, -0.25) is 9.59 Å². The van der Waals surface area contributed by atoms with Crippen LogP contribution in [0.3, 0.4) is 0 Å². The molecule has 25 heavy (non-hydrogen) atoms. The molecular weight excluding hydrogens is 404 g/mol. The van der Waals surface area contributed by atoms with Gasteiger partial charge < -0.3 is 14.6 Å². The number of nitrogens with zero attached hydrogens (tertiary/aromatic N) is 1. The van der Waals surface area contributed by atoms with Gasteiger partial charge in [-0.25, -0.2) is 0 Å².